The highest BCUT2D eigenvalue weighted by molar-refractivity contribution is 5.95. The molecule has 118 valence electrons. The van der Waals surface area contributed by atoms with E-state index >= 15 is 0 Å². The number of amides is 1. The summed E-state index contributed by atoms with van der Waals surface area (Å²) in [5.41, 5.74) is 3.00. The van der Waals surface area contributed by atoms with Crippen LogP contribution in [-0.4, -0.2) is 56.0 Å². The lowest BCUT2D eigenvalue weighted by molar-refractivity contribution is 0.0759. The van der Waals surface area contributed by atoms with Crippen LogP contribution in [0.1, 0.15) is 36.2 Å². The van der Waals surface area contributed by atoms with Crippen LogP contribution in [-0.2, 0) is 0 Å². The molecule has 0 heterocycles. The molecule has 4 heteroatoms. The maximum Gasteiger partial charge on any atom is 0.253 e. The average Bonchev–Trinajstić information content (AvgIpc) is 2.45. The van der Waals surface area contributed by atoms with Gasteiger partial charge in [0, 0.05) is 30.9 Å². The number of carbonyl (C=O) groups excluding carboxylic acids is 1. The van der Waals surface area contributed by atoms with Gasteiger partial charge in [-0.05, 0) is 71.6 Å². The molecule has 0 bridgehead atoms. The molecular formula is C17H29N3O. The first-order valence-electron chi connectivity index (χ1n) is 7.78. The molecule has 0 saturated heterocycles. The summed E-state index contributed by atoms with van der Waals surface area (Å²) < 4.78 is 0. The molecule has 1 aromatic rings. The molecule has 4 nitrogen and oxygen atoms in total. The summed E-state index contributed by atoms with van der Waals surface area (Å²) in [7, 11) is 4.11. The van der Waals surface area contributed by atoms with Crippen molar-refractivity contribution in [2.75, 3.05) is 45.6 Å². The van der Waals surface area contributed by atoms with E-state index in [-0.39, 0.29) is 5.91 Å². The van der Waals surface area contributed by atoms with Gasteiger partial charge in [0.1, 0.15) is 0 Å². The van der Waals surface area contributed by atoms with Crippen molar-refractivity contribution in [2.24, 2.45) is 0 Å². The van der Waals surface area contributed by atoms with Crippen LogP contribution in [0.15, 0.2) is 18.2 Å². The van der Waals surface area contributed by atoms with Crippen molar-refractivity contribution in [3.8, 4) is 0 Å². The fourth-order valence-corrected chi connectivity index (χ4v) is 2.35. The number of rotatable bonds is 8. The molecule has 0 aliphatic carbocycles. The number of carbonyl (C=O) groups is 1. The Morgan fingerprint density at radius 3 is 2.43 bits per heavy atom. The number of benzene rings is 1. The lowest BCUT2D eigenvalue weighted by Crippen LogP contribution is -2.33. The summed E-state index contributed by atoms with van der Waals surface area (Å²) in [4.78, 5) is 16.6. The van der Waals surface area contributed by atoms with Crippen LogP contribution in [0.2, 0.25) is 0 Å². The van der Waals surface area contributed by atoms with E-state index in [1.165, 1.54) is 0 Å². The van der Waals surface area contributed by atoms with Crippen molar-refractivity contribution < 1.29 is 4.79 Å². The molecule has 0 aromatic heterocycles. The largest absolute Gasteiger partial charge is 0.385 e. The molecular weight excluding hydrogens is 262 g/mol. The number of hydrogen-bond acceptors (Lipinski definition) is 3. The fourth-order valence-electron chi connectivity index (χ4n) is 2.35. The van der Waals surface area contributed by atoms with Crippen molar-refractivity contribution in [1.82, 2.24) is 9.80 Å². The van der Waals surface area contributed by atoms with E-state index in [9.17, 15) is 4.79 Å². The normalized spacial score (nSPS) is 10.8. The number of anilines is 1. The number of aryl methyl sites for hydroxylation is 1. The third-order valence-corrected chi connectivity index (χ3v) is 3.54. The third-order valence-electron chi connectivity index (χ3n) is 3.54. The van der Waals surface area contributed by atoms with Gasteiger partial charge in [0.25, 0.3) is 5.91 Å². The topological polar surface area (TPSA) is 35.6 Å². The molecule has 0 atom stereocenters. The molecule has 1 N–H and O–H groups in total. The smallest absolute Gasteiger partial charge is 0.253 e. The van der Waals surface area contributed by atoms with Crippen LogP contribution < -0.4 is 5.32 Å². The number of hydrogen-bond donors (Lipinski definition) is 1. The lowest BCUT2D eigenvalue weighted by atomic mass is 10.1. The van der Waals surface area contributed by atoms with Gasteiger partial charge < -0.3 is 15.1 Å². The minimum Gasteiger partial charge on any atom is -0.385 e. The van der Waals surface area contributed by atoms with Gasteiger partial charge in [-0.2, -0.15) is 0 Å². The van der Waals surface area contributed by atoms with Gasteiger partial charge in [-0.25, -0.2) is 0 Å². The monoisotopic (exact) mass is 291 g/mol. The van der Waals surface area contributed by atoms with Crippen LogP contribution in [0.4, 0.5) is 5.69 Å². The van der Waals surface area contributed by atoms with Crippen molar-refractivity contribution >= 4 is 11.6 Å². The second-order valence-electron chi connectivity index (χ2n) is 5.60. The van der Waals surface area contributed by atoms with Gasteiger partial charge in [0.2, 0.25) is 0 Å². The van der Waals surface area contributed by atoms with E-state index in [4.69, 9.17) is 0 Å². The van der Waals surface area contributed by atoms with E-state index in [1.807, 2.05) is 36.9 Å². The highest BCUT2D eigenvalue weighted by atomic mass is 16.2. The van der Waals surface area contributed by atoms with Gasteiger partial charge in [0.15, 0.2) is 0 Å². The predicted octanol–water partition coefficient (Wildman–Crippen LogP) is 2.84. The minimum absolute atomic E-state index is 0.127. The minimum atomic E-state index is 0.127. The van der Waals surface area contributed by atoms with Gasteiger partial charge in [0.05, 0.1) is 0 Å². The third kappa shape index (κ3) is 5.38. The van der Waals surface area contributed by atoms with E-state index in [1.54, 1.807) is 0 Å². The standard InChI is InChI=1S/C17H29N3O/c1-6-18-16-10-9-15(13-14(16)3)17(21)20(7-2)12-8-11-19(4)5/h9-10,13,18H,6-8,11-12H2,1-5H3. The molecule has 0 spiro atoms. The lowest BCUT2D eigenvalue weighted by Gasteiger charge is -2.22. The Morgan fingerprint density at radius 2 is 1.90 bits per heavy atom. The molecule has 0 aliphatic rings. The molecule has 0 unspecified atom stereocenters. The Morgan fingerprint density at radius 1 is 1.19 bits per heavy atom. The van der Waals surface area contributed by atoms with E-state index in [2.05, 4.69) is 31.2 Å². The molecule has 0 saturated carbocycles. The van der Waals surface area contributed by atoms with E-state index < -0.39 is 0 Å². The van der Waals surface area contributed by atoms with Crippen LogP contribution in [0.5, 0.6) is 0 Å². The van der Waals surface area contributed by atoms with Gasteiger partial charge >= 0.3 is 0 Å². The molecule has 0 radical (unpaired) electrons. The maximum atomic E-state index is 12.6. The second kappa shape index (κ2) is 8.67. The van der Waals surface area contributed by atoms with Gasteiger partial charge in [-0.3, -0.25) is 4.79 Å². The predicted molar refractivity (Wildman–Crippen MR) is 90.1 cm³/mol. The summed E-state index contributed by atoms with van der Waals surface area (Å²) in [5.74, 6) is 0.127. The zero-order valence-electron chi connectivity index (χ0n) is 14.1. The van der Waals surface area contributed by atoms with Crippen LogP contribution in [0.25, 0.3) is 0 Å². The van der Waals surface area contributed by atoms with E-state index in [0.29, 0.717) is 0 Å². The first kappa shape index (κ1) is 17.5. The number of nitrogens with zero attached hydrogens (tertiary/aromatic N) is 2. The summed E-state index contributed by atoms with van der Waals surface area (Å²) in [6.45, 7) is 9.59. The van der Waals surface area contributed by atoms with Crippen molar-refractivity contribution in [3.05, 3.63) is 29.3 Å². The highest BCUT2D eigenvalue weighted by Crippen LogP contribution is 2.17. The van der Waals surface area contributed by atoms with Crippen LogP contribution in [0, 0.1) is 6.92 Å². The zero-order chi connectivity index (χ0) is 15.8. The number of nitrogens with one attached hydrogen (secondary N) is 1. The van der Waals surface area contributed by atoms with Crippen LogP contribution >= 0.6 is 0 Å². The summed E-state index contributed by atoms with van der Waals surface area (Å²) in [6, 6.07) is 5.90. The van der Waals surface area contributed by atoms with Crippen molar-refractivity contribution in [2.45, 2.75) is 27.2 Å². The molecule has 1 aromatic carbocycles. The van der Waals surface area contributed by atoms with Crippen molar-refractivity contribution in [1.29, 1.82) is 0 Å². The summed E-state index contributed by atoms with van der Waals surface area (Å²) in [5, 5.41) is 3.30. The summed E-state index contributed by atoms with van der Waals surface area (Å²) in [6.07, 6.45) is 1.00. The maximum absolute atomic E-state index is 12.6. The summed E-state index contributed by atoms with van der Waals surface area (Å²) >= 11 is 0. The first-order chi connectivity index (χ1) is 9.99. The molecule has 21 heavy (non-hydrogen) atoms. The van der Waals surface area contributed by atoms with Crippen molar-refractivity contribution in [3.63, 3.8) is 0 Å². The van der Waals surface area contributed by atoms with Gasteiger partial charge in [-0.15, -0.1) is 0 Å². The Kier molecular flexibility index (Phi) is 7.23. The Labute approximate surface area is 129 Å². The fraction of sp³-hybridized carbons (Fsp3) is 0.588. The van der Waals surface area contributed by atoms with Gasteiger partial charge in [-0.1, -0.05) is 0 Å². The van der Waals surface area contributed by atoms with Crippen LogP contribution in [0.3, 0.4) is 0 Å². The Balaban J connectivity index is 2.73. The molecule has 1 amide bonds. The SMILES string of the molecule is CCNc1ccc(C(=O)N(CC)CCCN(C)C)cc1C. The highest BCUT2D eigenvalue weighted by Gasteiger charge is 2.14. The zero-order valence-corrected chi connectivity index (χ0v) is 14.1. The first-order valence-corrected chi connectivity index (χ1v) is 7.78. The Bertz CT molecular complexity index is 457. The van der Waals surface area contributed by atoms with E-state index in [0.717, 1.165) is 49.4 Å². The Hall–Kier alpha value is -1.55. The second-order valence-corrected chi connectivity index (χ2v) is 5.60. The molecule has 1 rings (SSSR count). The molecule has 0 aliphatic heterocycles. The average molecular weight is 291 g/mol. The molecule has 0 fully saturated rings. The quantitative estimate of drug-likeness (QED) is 0.800.